The Kier molecular flexibility index (Phi) is 3.02. The molecule has 7 heteroatoms. The minimum atomic E-state index is -0.418. The van der Waals surface area contributed by atoms with Gasteiger partial charge in [-0.1, -0.05) is 0 Å². The number of benzene rings is 1. The monoisotopic (exact) mass is 287 g/mol. The number of amides is 1. The summed E-state index contributed by atoms with van der Waals surface area (Å²) < 4.78 is 11.8. The molecule has 0 saturated carbocycles. The molecule has 0 aliphatic carbocycles. The molecular formula is C14H13N3O4. The molecule has 0 spiro atoms. The van der Waals surface area contributed by atoms with Gasteiger partial charge in [-0.2, -0.15) is 0 Å². The molecule has 0 fully saturated rings. The maximum Gasteiger partial charge on any atom is 0.255 e. The van der Waals surface area contributed by atoms with Crippen molar-refractivity contribution >= 4 is 17.3 Å². The number of ether oxygens (including phenoxy) is 2. The number of aryl methyl sites for hydroxylation is 1. The van der Waals surface area contributed by atoms with Gasteiger partial charge in [-0.05, 0) is 6.07 Å². The molecule has 0 atom stereocenters. The molecule has 1 aromatic carbocycles. The zero-order chi connectivity index (χ0) is 15.0. The summed E-state index contributed by atoms with van der Waals surface area (Å²) in [5, 5.41) is 2.66. The Labute approximate surface area is 119 Å². The van der Waals surface area contributed by atoms with E-state index in [0.717, 1.165) is 0 Å². The molecule has 0 unspecified atom stereocenters. The van der Waals surface area contributed by atoms with Crippen LogP contribution in [0, 0.1) is 0 Å². The summed E-state index contributed by atoms with van der Waals surface area (Å²) in [5.41, 5.74) is 6.62. The zero-order valence-electron chi connectivity index (χ0n) is 11.3. The van der Waals surface area contributed by atoms with Crippen molar-refractivity contribution < 1.29 is 14.3 Å². The van der Waals surface area contributed by atoms with Crippen LogP contribution in [0.2, 0.25) is 0 Å². The molecule has 3 N–H and O–H groups in total. The first kappa shape index (κ1) is 13.0. The van der Waals surface area contributed by atoms with E-state index in [-0.39, 0.29) is 17.9 Å². The maximum atomic E-state index is 12.1. The molecule has 3 rings (SSSR count). The molecule has 21 heavy (non-hydrogen) atoms. The average Bonchev–Trinajstić information content (AvgIpc) is 2.89. The molecule has 1 aliphatic heterocycles. The second-order valence-electron chi connectivity index (χ2n) is 4.61. The van der Waals surface area contributed by atoms with E-state index in [1.54, 1.807) is 25.2 Å². The van der Waals surface area contributed by atoms with Crippen molar-refractivity contribution in [1.29, 1.82) is 0 Å². The fraction of sp³-hybridized carbons (Fsp3) is 0.143. The van der Waals surface area contributed by atoms with Gasteiger partial charge >= 0.3 is 0 Å². The molecule has 1 aliphatic rings. The number of fused-ring (bicyclic) bond motifs is 1. The van der Waals surface area contributed by atoms with Crippen molar-refractivity contribution in [3.05, 3.63) is 46.4 Å². The van der Waals surface area contributed by atoms with E-state index in [2.05, 4.69) is 5.32 Å². The molecular weight excluding hydrogens is 274 g/mol. The fourth-order valence-electron chi connectivity index (χ4n) is 1.95. The van der Waals surface area contributed by atoms with E-state index in [1.807, 2.05) is 0 Å². The van der Waals surface area contributed by atoms with Gasteiger partial charge in [0.1, 0.15) is 0 Å². The Bertz CT molecular complexity index is 782. The number of anilines is 2. The van der Waals surface area contributed by atoms with Crippen molar-refractivity contribution in [1.82, 2.24) is 4.57 Å². The Morgan fingerprint density at radius 3 is 2.71 bits per heavy atom. The third-order valence-corrected chi connectivity index (χ3v) is 3.16. The molecule has 7 nitrogen and oxygen atoms in total. The quantitative estimate of drug-likeness (QED) is 0.802. The van der Waals surface area contributed by atoms with Gasteiger partial charge < -0.3 is 25.1 Å². The number of nitrogens with two attached hydrogens (primary N) is 1. The number of carbonyl (C=O) groups is 1. The van der Waals surface area contributed by atoms with E-state index < -0.39 is 5.91 Å². The second kappa shape index (κ2) is 4.86. The lowest BCUT2D eigenvalue weighted by molar-refractivity contribution is 0.102. The SMILES string of the molecule is Cn1ccc(C(=O)Nc2cc3c(cc2N)OCO3)cc1=O. The van der Waals surface area contributed by atoms with Crippen LogP contribution in [0.4, 0.5) is 11.4 Å². The van der Waals surface area contributed by atoms with Gasteiger partial charge in [0.2, 0.25) is 6.79 Å². The molecule has 1 aromatic heterocycles. The highest BCUT2D eigenvalue weighted by atomic mass is 16.7. The van der Waals surface area contributed by atoms with E-state index in [0.29, 0.717) is 22.9 Å². The molecule has 0 saturated heterocycles. The molecule has 0 bridgehead atoms. The number of rotatable bonds is 2. The van der Waals surface area contributed by atoms with E-state index in [4.69, 9.17) is 15.2 Å². The number of hydrogen-bond donors (Lipinski definition) is 2. The lowest BCUT2D eigenvalue weighted by Crippen LogP contribution is -2.20. The summed E-state index contributed by atoms with van der Waals surface area (Å²) >= 11 is 0. The smallest absolute Gasteiger partial charge is 0.255 e. The molecule has 108 valence electrons. The highest BCUT2D eigenvalue weighted by molar-refractivity contribution is 6.05. The number of carbonyl (C=O) groups excluding carboxylic acids is 1. The van der Waals surface area contributed by atoms with Crippen LogP contribution < -0.4 is 26.1 Å². The summed E-state index contributed by atoms with van der Waals surface area (Å²) in [6, 6.07) is 6.00. The van der Waals surface area contributed by atoms with Crippen LogP contribution in [-0.2, 0) is 7.05 Å². The third kappa shape index (κ3) is 2.40. The van der Waals surface area contributed by atoms with E-state index >= 15 is 0 Å². The minimum absolute atomic E-state index is 0.126. The van der Waals surface area contributed by atoms with Crippen LogP contribution in [0.1, 0.15) is 10.4 Å². The Morgan fingerprint density at radius 2 is 2.00 bits per heavy atom. The second-order valence-corrected chi connectivity index (χ2v) is 4.61. The van der Waals surface area contributed by atoms with Gasteiger partial charge in [-0.15, -0.1) is 0 Å². The molecule has 2 aromatic rings. The summed E-state index contributed by atoms with van der Waals surface area (Å²) in [6.07, 6.45) is 1.53. The lowest BCUT2D eigenvalue weighted by atomic mass is 10.2. The largest absolute Gasteiger partial charge is 0.454 e. The van der Waals surface area contributed by atoms with Gasteiger partial charge in [-0.3, -0.25) is 9.59 Å². The summed E-state index contributed by atoms with van der Waals surface area (Å²) in [5.74, 6) is 0.640. The molecule has 2 heterocycles. The first-order valence-corrected chi connectivity index (χ1v) is 6.22. The van der Waals surface area contributed by atoms with Crippen molar-refractivity contribution in [3.63, 3.8) is 0 Å². The highest BCUT2D eigenvalue weighted by Crippen LogP contribution is 2.38. The number of nitrogens with one attached hydrogen (secondary N) is 1. The van der Waals surface area contributed by atoms with Crippen molar-refractivity contribution in [2.24, 2.45) is 7.05 Å². The number of pyridine rings is 1. The molecule has 1 amide bonds. The van der Waals surface area contributed by atoms with Crippen molar-refractivity contribution in [3.8, 4) is 11.5 Å². The Morgan fingerprint density at radius 1 is 1.29 bits per heavy atom. The lowest BCUT2D eigenvalue weighted by Gasteiger charge is -2.09. The normalized spacial score (nSPS) is 12.2. The number of nitrogen functional groups attached to an aromatic ring is 1. The first-order valence-electron chi connectivity index (χ1n) is 6.22. The predicted octanol–water partition coefficient (Wildman–Crippen LogP) is 0.948. The minimum Gasteiger partial charge on any atom is -0.454 e. The standard InChI is InChI=1S/C14H13N3O4/c1-17-3-2-8(4-13(17)18)14(19)16-10-6-12-11(5-9(10)15)20-7-21-12/h2-6H,7,15H2,1H3,(H,16,19). The number of nitrogens with zero attached hydrogens (tertiary/aromatic N) is 1. The van der Waals surface area contributed by atoms with Gasteiger partial charge in [-0.25, -0.2) is 0 Å². The average molecular weight is 287 g/mol. The fourth-order valence-corrected chi connectivity index (χ4v) is 1.95. The van der Waals surface area contributed by atoms with Crippen LogP contribution in [0.25, 0.3) is 0 Å². The number of hydrogen-bond acceptors (Lipinski definition) is 5. The maximum absolute atomic E-state index is 12.1. The van der Waals surface area contributed by atoms with Crippen LogP contribution in [-0.4, -0.2) is 17.3 Å². The Balaban J connectivity index is 1.88. The van der Waals surface area contributed by atoms with Crippen LogP contribution in [0.15, 0.2) is 35.3 Å². The van der Waals surface area contributed by atoms with Gasteiger partial charge in [0.15, 0.2) is 11.5 Å². The summed E-state index contributed by atoms with van der Waals surface area (Å²) in [7, 11) is 1.61. The van der Waals surface area contributed by atoms with Crippen molar-refractivity contribution in [2.45, 2.75) is 0 Å². The summed E-state index contributed by atoms with van der Waals surface area (Å²) in [4.78, 5) is 23.7. The highest BCUT2D eigenvalue weighted by Gasteiger charge is 2.17. The summed E-state index contributed by atoms with van der Waals surface area (Å²) in [6.45, 7) is 0.126. The van der Waals surface area contributed by atoms with Crippen molar-refractivity contribution in [2.75, 3.05) is 17.8 Å². The zero-order valence-corrected chi connectivity index (χ0v) is 11.3. The van der Waals surface area contributed by atoms with Crippen LogP contribution in [0.5, 0.6) is 11.5 Å². The third-order valence-electron chi connectivity index (χ3n) is 3.16. The van der Waals surface area contributed by atoms with Crippen LogP contribution >= 0.6 is 0 Å². The number of aromatic nitrogens is 1. The Hall–Kier alpha value is -2.96. The van der Waals surface area contributed by atoms with Crippen LogP contribution in [0.3, 0.4) is 0 Å². The van der Waals surface area contributed by atoms with Gasteiger partial charge in [0.05, 0.1) is 11.4 Å². The van der Waals surface area contributed by atoms with Gasteiger partial charge in [0, 0.05) is 37.0 Å². The molecule has 0 radical (unpaired) electrons. The predicted molar refractivity (Wildman–Crippen MR) is 76.6 cm³/mol. The van der Waals surface area contributed by atoms with E-state index in [9.17, 15) is 9.59 Å². The topological polar surface area (TPSA) is 95.6 Å². The first-order chi connectivity index (χ1) is 10.0. The van der Waals surface area contributed by atoms with E-state index in [1.165, 1.54) is 16.8 Å². The van der Waals surface area contributed by atoms with Gasteiger partial charge in [0.25, 0.3) is 11.5 Å².